The molecule has 0 spiro atoms. The minimum Gasteiger partial charge on any atom is -0.309 e. The van der Waals surface area contributed by atoms with Crippen LogP contribution in [0, 0.1) is 0 Å². The monoisotopic (exact) mass is 1800 g/mol. The Morgan fingerprint density at radius 1 is 0.145 bits per heavy atom. The summed E-state index contributed by atoms with van der Waals surface area (Å²) in [5, 5.41) is 15.3. The maximum atomic E-state index is 5.06. The van der Waals surface area contributed by atoms with Crippen molar-refractivity contribution < 1.29 is 0 Å². The largest absolute Gasteiger partial charge is 0.309 e. The molecule has 0 unspecified atom stereocenters. The molecule has 0 amide bonds. The first-order valence-electron chi connectivity index (χ1n) is 46.4. The summed E-state index contributed by atoms with van der Waals surface area (Å²) in [6, 6.07) is 171. The highest BCUT2D eigenvalue weighted by Crippen LogP contribution is 2.47. The average Bonchev–Trinajstić information content (AvgIpc) is 1.57. The Hall–Kier alpha value is -17.9. The second-order valence-electron chi connectivity index (χ2n) is 34.8. The summed E-state index contributed by atoms with van der Waals surface area (Å²) in [4.78, 5) is 30.3. The summed E-state index contributed by atoms with van der Waals surface area (Å²) < 4.78 is 14.8. The maximum absolute atomic E-state index is 5.06. The van der Waals surface area contributed by atoms with E-state index in [2.05, 4.69) is 394 Å². The molecule has 0 aliphatic carbocycles. The van der Waals surface area contributed by atoms with Crippen molar-refractivity contribution in [3.8, 4) is 124 Å². The zero-order chi connectivity index (χ0) is 91.1. The van der Waals surface area contributed by atoms with Crippen LogP contribution >= 0.6 is 22.7 Å². The number of benzene rings is 19. The van der Waals surface area contributed by atoms with Crippen molar-refractivity contribution in [2.45, 2.75) is 0 Å². The summed E-state index contributed by atoms with van der Waals surface area (Å²) in [5.41, 5.74) is 28.9. The van der Waals surface area contributed by atoms with E-state index in [9.17, 15) is 0 Å². The van der Waals surface area contributed by atoms with Gasteiger partial charge in [0, 0.05) is 152 Å². The molecule has 9 aromatic heterocycles. The van der Waals surface area contributed by atoms with Gasteiger partial charge >= 0.3 is 0 Å². The van der Waals surface area contributed by atoms with Crippen LogP contribution in [0.1, 0.15) is 0 Å². The third-order valence-corrected chi connectivity index (χ3v) is 28.9. The van der Waals surface area contributed by atoms with Crippen LogP contribution in [0.3, 0.4) is 0 Å². The van der Waals surface area contributed by atoms with Gasteiger partial charge in [-0.3, -0.25) is 0 Å². The number of fused-ring (bicyclic) bond motifs is 19. The fourth-order valence-corrected chi connectivity index (χ4v) is 22.4. The highest BCUT2D eigenvalue weighted by Gasteiger charge is 2.25. The van der Waals surface area contributed by atoms with E-state index in [1.165, 1.54) is 128 Å². The molecule has 0 N–H and O–H groups in total. The quantitative estimate of drug-likeness (QED) is 0.114. The summed E-state index contributed by atoms with van der Waals surface area (Å²) >= 11 is 3.73. The summed E-state index contributed by atoms with van der Waals surface area (Å²) in [7, 11) is 0. The van der Waals surface area contributed by atoms with E-state index in [0.29, 0.717) is 17.5 Å². The van der Waals surface area contributed by atoms with Crippen LogP contribution in [0.25, 0.3) is 252 Å². The van der Waals surface area contributed by atoms with Gasteiger partial charge < -0.3 is 18.3 Å². The minimum absolute atomic E-state index is 0.702. The van der Waals surface area contributed by atoms with Gasteiger partial charge in [0.05, 0.1) is 83.0 Å². The number of hydrogen-bond donors (Lipinski definition) is 0. The number of rotatable bonds is 13. The number of nitrogens with zero attached hydrogens (tertiary/aromatic N) is 10. The van der Waals surface area contributed by atoms with Gasteiger partial charge in [-0.15, -0.1) is 22.7 Å². The van der Waals surface area contributed by atoms with E-state index < -0.39 is 0 Å². The zero-order valence-electron chi connectivity index (χ0n) is 74.5. The molecule has 28 aromatic rings. The Bertz CT molecular complexity index is 9360. The van der Waals surface area contributed by atoms with Crippen molar-refractivity contribution in [3.05, 3.63) is 485 Å². The van der Waals surface area contributed by atoms with E-state index in [1.54, 1.807) is 0 Å². The second-order valence-corrected chi connectivity index (χ2v) is 36.9. The molecule has 19 aromatic carbocycles. The average molecular weight is 1800 g/mol. The first-order chi connectivity index (χ1) is 68.4. The lowest BCUT2D eigenvalue weighted by Crippen LogP contribution is -1.97. The molecule has 12 heteroatoms. The molecule has 0 radical (unpaired) electrons. The van der Waals surface area contributed by atoms with Crippen LogP contribution in [0.5, 0.6) is 0 Å². The van der Waals surface area contributed by atoms with Crippen LogP contribution in [0.2, 0.25) is 0 Å². The fraction of sp³-hybridized carbons (Fsp3) is 0. The van der Waals surface area contributed by atoms with Crippen LogP contribution in [0.4, 0.5) is 0 Å². The van der Waals surface area contributed by atoms with Gasteiger partial charge in [0.1, 0.15) is 0 Å². The predicted octanol–water partition coefficient (Wildman–Crippen LogP) is 33.6. The Morgan fingerprint density at radius 3 is 0.768 bits per heavy atom. The smallest absolute Gasteiger partial charge is 0.160 e. The summed E-state index contributed by atoms with van der Waals surface area (Å²) in [6.07, 6.45) is 0. The predicted molar refractivity (Wildman–Crippen MR) is 578 cm³/mol. The van der Waals surface area contributed by atoms with Crippen molar-refractivity contribution in [1.82, 2.24) is 48.2 Å². The maximum Gasteiger partial charge on any atom is 0.160 e. The van der Waals surface area contributed by atoms with Gasteiger partial charge in [-0.1, -0.05) is 322 Å². The second kappa shape index (κ2) is 34.3. The molecule has 0 aliphatic heterocycles. The SMILES string of the molecule is c1ccc(-c2cc(-c3ccccc3)nc(-c3ccc(-n4c5ccccc5c5cc6c(cc54)sc4ccccc46)cc3)n2)cc1.c1ccc(-c2cc(-c3ccccc3)nc(-c3ccc(-n4c5ccccc5c5cc6c7ccccc7n(-c7ccccc7)c6cc54)cc3)n2)cc1.c1ccc(-c2cc(-c3ccccc3)nc(-c3ccc(-n4c5ccccc5c5ccc6c7ccccc7sc6c54)cc3)n2)cc1. The molecule has 0 bridgehead atoms. The van der Waals surface area contributed by atoms with Crippen LogP contribution < -0.4 is 0 Å². The Morgan fingerprint density at radius 2 is 0.406 bits per heavy atom. The van der Waals surface area contributed by atoms with E-state index in [1.807, 2.05) is 132 Å². The molecule has 0 aliphatic rings. The van der Waals surface area contributed by atoms with Crippen LogP contribution in [-0.2, 0) is 0 Å². The lowest BCUT2D eigenvalue weighted by atomic mass is 10.1. The fourth-order valence-electron chi connectivity index (χ4n) is 20.1. The summed E-state index contributed by atoms with van der Waals surface area (Å²) in [5.74, 6) is 2.13. The Balaban J connectivity index is 0.000000107. The standard InChI is InChI=1S/C46H30N4.2C40H25N3S/c1-4-14-31(15-5-1)40-29-41(32-16-6-2-7-17-32)48-46(47-40)33-24-26-35(27-25-33)50-43-23-13-11-21-37(43)39-28-38-36-20-10-12-22-42(36)49(44(38)30-45(39)50)34-18-8-3-9-19-34;1-3-11-26(12-4-1)34-24-35(27-13-5-2-6-14-27)42-40(41-34)28-19-21-29(22-20-28)43-36-17-9-7-15-30(36)32-23-33-31-16-8-10-18-38(31)44-39(33)25-37(32)43;1-3-11-26(12-4-1)34-25-35(27-13-5-2-6-14-27)42-40(41-34)28-19-21-29(22-20-28)43-36-17-9-7-15-30(36)32-23-24-33-31-16-8-10-18-37(31)44-39(33)38(32)43/h1-30H;2*1-25H. The highest BCUT2D eigenvalue weighted by atomic mass is 32.1. The third-order valence-electron chi connectivity index (χ3n) is 26.6. The number of thiophene rings is 2. The van der Waals surface area contributed by atoms with Crippen molar-refractivity contribution in [3.63, 3.8) is 0 Å². The topological polar surface area (TPSA) is 97.1 Å². The van der Waals surface area contributed by atoms with Gasteiger partial charge in [-0.25, -0.2) is 29.9 Å². The van der Waals surface area contributed by atoms with Gasteiger partial charge in [0.15, 0.2) is 17.5 Å². The lowest BCUT2D eigenvalue weighted by Gasteiger charge is -2.12. The van der Waals surface area contributed by atoms with Crippen molar-refractivity contribution in [1.29, 1.82) is 0 Å². The van der Waals surface area contributed by atoms with Gasteiger partial charge in [-0.2, -0.15) is 0 Å². The molecular weight excluding hydrogens is 1720 g/mol. The molecule has 9 heterocycles. The highest BCUT2D eigenvalue weighted by molar-refractivity contribution is 7.27. The normalized spacial score (nSPS) is 11.6. The van der Waals surface area contributed by atoms with Crippen molar-refractivity contribution in [2.24, 2.45) is 0 Å². The third kappa shape index (κ3) is 14.4. The molecule has 0 saturated heterocycles. The molecule has 10 nitrogen and oxygen atoms in total. The minimum atomic E-state index is 0.702. The van der Waals surface area contributed by atoms with E-state index in [-0.39, 0.29) is 0 Å². The molecular formula is C126H80N10S2. The Kier molecular flexibility index (Phi) is 20.1. The first-order valence-corrected chi connectivity index (χ1v) is 48.1. The molecule has 0 atom stereocenters. The number of hydrogen-bond acceptors (Lipinski definition) is 8. The van der Waals surface area contributed by atoms with Gasteiger partial charge in [0.25, 0.3) is 0 Å². The number of aromatic nitrogens is 10. The first kappa shape index (κ1) is 80.9. The van der Waals surface area contributed by atoms with E-state index >= 15 is 0 Å². The van der Waals surface area contributed by atoms with Crippen LogP contribution in [0.15, 0.2) is 485 Å². The molecule has 0 fully saturated rings. The molecule has 138 heavy (non-hydrogen) atoms. The number of para-hydroxylation sites is 5. The molecule has 0 saturated carbocycles. The molecule has 646 valence electrons. The van der Waals surface area contributed by atoms with Gasteiger partial charge in [-0.05, 0) is 164 Å². The van der Waals surface area contributed by atoms with Crippen LogP contribution in [-0.4, -0.2) is 48.2 Å². The van der Waals surface area contributed by atoms with Crippen molar-refractivity contribution >= 4 is 150 Å². The van der Waals surface area contributed by atoms with Crippen molar-refractivity contribution in [2.75, 3.05) is 0 Å². The lowest BCUT2D eigenvalue weighted by molar-refractivity contribution is 1.16. The van der Waals surface area contributed by atoms with Gasteiger partial charge in [0.2, 0.25) is 0 Å². The van der Waals surface area contributed by atoms with E-state index in [4.69, 9.17) is 29.9 Å². The van der Waals surface area contributed by atoms with E-state index in [0.717, 1.165) is 107 Å². The Labute approximate surface area is 802 Å². The summed E-state index contributed by atoms with van der Waals surface area (Å²) in [6.45, 7) is 0. The zero-order valence-corrected chi connectivity index (χ0v) is 76.1. The molecule has 28 rings (SSSR count).